The molecule has 7 rings (SSSR count). The molecule has 0 aliphatic carbocycles. The van der Waals surface area contributed by atoms with E-state index in [0.717, 1.165) is 33.3 Å². The van der Waals surface area contributed by atoms with E-state index < -0.39 is 12.1 Å². The van der Waals surface area contributed by atoms with Crippen molar-refractivity contribution in [3.8, 4) is 22.4 Å². The fourth-order valence-electron chi connectivity index (χ4n) is 5.68. The van der Waals surface area contributed by atoms with Gasteiger partial charge in [0.25, 0.3) is 0 Å². The minimum absolute atomic E-state index is 0.486. The van der Waals surface area contributed by atoms with Gasteiger partial charge in [0.05, 0.1) is 0 Å². The molecule has 0 N–H and O–H groups in total. The van der Waals surface area contributed by atoms with Crippen molar-refractivity contribution in [1.82, 2.24) is 9.47 Å². The third-order valence-electron chi connectivity index (χ3n) is 7.39. The summed E-state index contributed by atoms with van der Waals surface area (Å²) in [6.07, 6.45) is -1.39. The number of nitrogens with zero attached hydrogens (tertiary/aromatic N) is 2. The zero-order valence-corrected chi connectivity index (χ0v) is 20.5. The minimum atomic E-state index is -3.33. The van der Waals surface area contributed by atoms with Gasteiger partial charge in [-0.05, 0) is 0 Å². The van der Waals surface area contributed by atoms with Gasteiger partial charge in [-0.25, -0.2) is 0 Å². The van der Waals surface area contributed by atoms with Gasteiger partial charge in [-0.3, -0.25) is 0 Å². The van der Waals surface area contributed by atoms with Crippen LogP contribution in [0.4, 0.5) is 8.78 Å². The molecule has 4 aromatic carbocycles. The molecule has 1 atom stereocenters. The summed E-state index contributed by atoms with van der Waals surface area (Å²) in [7, 11) is 0. The number of aromatic nitrogens is 1. The van der Waals surface area contributed by atoms with Crippen LogP contribution < -0.4 is 0 Å². The van der Waals surface area contributed by atoms with Gasteiger partial charge >= 0.3 is 221 Å². The Morgan fingerprint density at radius 1 is 0.632 bits per heavy atom. The Balaban J connectivity index is 1.52. The van der Waals surface area contributed by atoms with Crippen molar-refractivity contribution in [3.05, 3.63) is 150 Å². The van der Waals surface area contributed by atoms with Gasteiger partial charge in [0.2, 0.25) is 0 Å². The Morgan fingerprint density at radius 3 is 1.76 bits per heavy atom. The zero-order valence-electron chi connectivity index (χ0n) is 20.5. The van der Waals surface area contributed by atoms with Crippen LogP contribution in [0.25, 0.3) is 28.5 Å². The zero-order chi connectivity index (χ0) is 25.7. The van der Waals surface area contributed by atoms with Crippen LogP contribution in [0.15, 0.2) is 133 Å². The predicted molar refractivity (Wildman–Crippen MR) is 151 cm³/mol. The van der Waals surface area contributed by atoms with Crippen LogP contribution in [0.5, 0.6) is 0 Å². The first kappa shape index (κ1) is 22.7. The van der Waals surface area contributed by atoms with E-state index in [2.05, 4.69) is 0 Å². The van der Waals surface area contributed by atoms with Crippen LogP contribution in [0.2, 0.25) is 0 Å². The predicted octanol–water partition coefficient (Wildman–Crippen LogP) is 7.62. The molecular weight excluding hydrogens is 473 g/mol. The van der Waals surface area contributed by atoms with Crippen molar-refractivity contribution in [2.45, 2.75) is 12.1 Å². The quantitative estimate of drug-likeness (QED) is 0.184. The van der Waals surface area contributed by atoms with Gasteiger partial charge in [-0.2, -0.15) is 0 Å². The Bertz CT molecular complexity index is 1680. The van der Waals surface area contributed by atoms with Crippen LogP contribution in [0.3, 0.4) is 0 Å². The first-order valence-electron chi connectivity index (χ1n) is 12.7. The van der Waals surface area contributed by atoms with E-state index in [4.69, 9.17) is 0 Å². The van der Waals surface area contributed by atoms with Crippen LogP contribution >= 0.6 is 0 Å². The molecule has 1 unspecified atom stereocenters. The summed E-state index contributed by atoms with van der Waals surface area (Å²) in [5.74, 6) is -0.619. The Hall–Kier alpha value is -4.51. The van der Waals surface area contributed by atoms with Crippen molar-refractivity contribution in [3.63, 3.8) is 0 Å². The van der Waals surface area contributed by atoms with Gasteiger partial charge in [0.1, 0.15) is 0 Å². The van der Waals surface area contributed by atoms with E-state index in [9.17, 15) is 0 Å². The molecular formula is C33H23BF2N2. The van der Waals surface area contributed by atoms with E-state index in [1.165, 1.54) is 9.47 Å². The number of fused-ring (bicyclic) bond motifs is 2. The molecule has 0 radical (unpaired) electrons. The summed E-state index contributed by atoms with van der Waals surface area (Å²) >= 11 is 0. The van der Waals surface area contributed by atoms with Crippen molar-refractivity contribution in [2.75, 3.05) is 0 Å². The van der Waals surface area contributed by atoms with Gasteiger partial charge in [-0.15, -0.1) is 0 Å². The summed E-state index contributed by atoms with van der Waals surface area (Å²) < 4.78 is 35.3. The normalized spacial score (nSPS) is 17.2. The van der Waals surface area contributed by atoms with Crippen molar-refractivity contribution >= 4 is 18.5 Å². The maximum atomic E-state index is 17.1. The van der Waals surface area contributed by atoms with Crippen molar-refractivity contribution < 1.29 is 8.78 Å². The molecule has 182 valence electrons. The SMILES string of the molecule is FC1(F)N2C(=Cc3c(-c4ccccc4)cc(-c4ccccc4)n31)C(c1ccccc1)=BC2c1ccccc1. The molecule has 2 aliphatic rings. The van der Waals surface area contributed by atoms with E-state index in [-0.39, 0.29) is 0 Å². The van der Waals surface area contributed by atoms with Gasteiger partial charge in [0, 0.05) is 0 Å². The molecule has 1 aromatic heterocycles. The molecule has 0 saturated heterocycles. The van der Waals surface area contributed by atoms with Gasteiger partial charge in [0.15, 0.2) is 0 Å². The number of alkyl halides is 2. The third-order valence-corrected chi connectivity index (χ3v) is 7.39. The monoisotopic (exact) mass is 496 g/mol. The van der Waals surface area contributed by atoms with Crippen LogP contribution in [0.1, 0.15) is 22.8 Å². The van der Waals surface area contributed by atoms with Crippen molar-refractivity contribution in [1.29, 1.82) is 0 Å². The fraction of sp³-hybridized carbons (Fsp3) is 0.0606. The maximum absolute atomic E-state index is 17.1. The van der Waals surface area contributed by atoms with E-state index >= 15 is 8.78 Å². The van der Waals surface area contributed by atoms with Crippen LogP contribution in [0, 0.1) is 0 Å². The first-order valence-corrected chi connectivity index (χ1v) is 12.7. The van der Waals surface area contributed by atoms with Gasteiger partial charge in [-0.1, -0.05) is 0 Å². The van der Waals surface area contributed by atoms with E-state index in [1.807, 2.05) is 140 Å². The number of allylic oxidation sites excluding steroid dienone is 1. The topological polar surface area (TPSA) is 8.17 Å². The molecule has 0 spiro atoms. The summed E-state index contributed by atoms with van der Waals surface area (Å²) in [6, 6.07) is 40.5. The molecule has 0 fully saturated rings. The number of rotatable bonds is 4. The molecule has 0 saturated carbocycles. The van der Waals surface area contributed by atoms with Crippen molar-refractivity contribution in [2.24, 2.45) is 0 Å². The summed E-state index contributed by atoms with van der Waals surface area (Å²) in [5.41, 5.74) is 6.51. The number of benzene rings is 4. The Morgan fingerprint density at radius 2 is 1.16 bits per heavy atom. The van der Waals surface area contributed by atoms with Crippen LogP contribution in [-0.4, -0.2) is 21.9 Å². The number of halogens is 2. The average molecular weight is 496 g/mol. The molecule has 5 aromatic rings. The third kappa shape index (κ3) is 3.50. The van der Waals surface area contributed by atoms with Crippen LogP contribution in [-0.2, 0) is 6.17 Å². The van der Waals surface area contributed by atoms with Gasteiger partial charge < -0.3 is 0 Å². The summed E-state index contributed by atoms with van der Waals surface area (Å²) in [6.45, 7) is 1.97. The molecule has 2 nitrogen and oxygen atoms in total. The number of hydrogen-bond acceptors (Lipinski definition) is 1. The second-order valence-corrected chi connectivity index (χ2v) is 9.61. The molecule has 0 amide bonds. The summed E-state index contributed by atoms with van der Waals surface area (Å²) in [5, 5.41) is 0. The second kappa shape index (κ2) is 8.81. The average Bonchev–Trinajstić information content (AvgIpc) is 3.56. The molecule has 2 aliphatic heterocycles. The Labute approximate surface area is 221 Å². The molecule has 3 heterocycles. The Kier molecular flexibility index (Phi) is 5.26. The molecule has 5 heteroatoms. The summed E-state index contributed by atoms with van der Waals surface area (Å²) in [4.78, 5) is 1.28. The molecule has 0 bridgehead atoms. The number of hydrogen-bond donors (Lipinski definition) is 0. The standard InChI is InChI=1S/C33H23BF2N2/c35-33(36)37-28(24-15-7-2-8-16-24)21-27(23-13-5-1-6-14-23)29(37)22-30-31(25-17-9-3-10-18-25)34-32(38(30)33)26-19-11-4-12-20-26/h1-22,32H. The van der Waals surface area contributed by atoms with E-state index in [1.54, 1.807) is 0 Å². The fourth-order valence-corrected chi connectivity index (χ4v) is 5.68. The second-order valence-electron chi connectivity index (χ2n) is 9.61. The molecule has 38 heavy (non-hydrogen) atoms. The first-order chi connectivity index (χ1) is 18.6. The van der Waals surface area contributed by atoms with E-state index in [0.29, 0.717) is 17.1 Å².